The van der Waals surface area contributed by atoms with Crippen LogP contribution >= 0.6 is 12.2 Å². The topological polar surface area (TPSA) is 20.3 Å². The molecule has 1 saturated heterocycles. The number of benzene rings is 1. The predicted octanol–water partition coefficient (Wildman–Crippen LogP) is 3.48. The van der Waals surface area contributed by atoms with E-state index in [0.29, 0.717) is 0 Å². The average molecular weight is 275 g/mol. The molecule has 2 rings (SSSR count). The second-order valence-corrected chi connectivity index (χ2v) is 5.91. The van der Waals surface area contributed by atoms with Crippen LogP contribution in [0.15, 0.2) is 24.3 Å². The van der Waals surface area contributed by atoms with E-state index in [-0.39, 0.29) is 5.78 Å². The minimum atomic E-state index is -0.417. The Hall–Kier alpha value is -1.06. The van der Waals surface area contributed by atoms with Crippen molar-refractivity contribution in [1.29, 1.82) is 0 Å². The lowest BCUT2D eigenvalue weighted by Crippen LogP contribution is -2.52. The molecule has 1 fully saturated rings. The van der Waals surface area contributed by atoms with Crippen LogP contribution in [0.5, 0.6) is 0 Å². The average Bonchev–Trinajstić information content (AvgIpc) is 2.47. The summed E-state index contributed by atoms with van der Waals surface area (Å²) in [5, 5.41) is 1.63. The maximum Gasteiger partial charge on any atom is 0.182 e. The molecule has 1 aliphatic rings. The highest BCUT2D eigenvalue weighted by molar-refractivity contribution is 7.79. The van der Waals surface area contributed by atoms with Crippen molar-refractivity contribution in [2.45, 2.75) is 38.6 Å². The maximum atomic E-state index is 12.7. The Morgan fingerprint density at radius 3 is 2.26 bits per heavy atom. The molecular formula is C16H21NOS. The van der Waals surface area contributed by atoms with Crippen molar-refractivity contribution in [2.24, 2.45) is 0 Å². The van der Waals surface area contributed by atoms with Gasteiger partial charge in [-0.3, -0.25) is 9.69 Å². The molecule has 0 aliphatic carbocycles. The van der Waals surface area contributed by atoms with Crippen molar-refractivity contribution in [1.82, 2.24) is 4.90 Å². The lowest BCUT2D eigenvalue weighted by molar-refractivity contribution is 0.0579. The minimum Gasteiger partial charge on any atom is -0.292 e. The summed E-state index contributed by atoms with van der Waals surface area (Å²) >= 11 is 4.89. The molecule has 0 N–H and O–H groups in total. The molecule has 0 amide bonds. The summed E-state index contributed by atoms with van der Waals surface area (Å²) in [6, 6.07) is 7.58. The Bertz CT molecular complexity index is 458. The number of ketones is 1. The third-order valence-corrected chi connectivity index (χ3v) is 4.28. The van der Waals surface area contributed by atoms with Crippen LogP contribution in [-0.4, -0.2) is 34.7 Å². The van der Waals surface area contributed by atoms with Crippen LogP contribution in [0.2, 0.25) is 0 Å². The number of hydrogen-bond donors (Lipinski definition) is 0. The summed E-state index contributed by atoms with van der Waals surface area (Å²) in [5.41, 5.74) is 1.33. The Labute approximate surface area is 120 Å². The Balaban J connectivity index is 2.18. The summed E-state index contributed by atoms with van der Waals surface area (Å²) in [5.74, 6) is 0.199. The third-order valence-electron chi connectivity index (χ3n) is 4.01. The van der Waals surface area contributed by atoms with Crippen molar-refractivity contribution in [3.05, 3.63) is 35.4 Å². The molecule has 2 nitrogen and oxygen atoms in total. The van der Waals surface area contributed by atoms with Crippen LogP contribution in [-0.2, 0) is 0 Å². The zero-order valence-electron chi connectivity index (χ0n) is 11.7. The quantitative estimate of drug-likeness (QED) is 0.620. The summed E-state index contributed by atoms with van der Waals surface area (Å²) in [6.07, 6.45) is 3.67. The highest BCUT2D eigenvalue weighted by Crippen LogP contribution is 2.24. The molecule has 0 bridgehead atoms. The van der Waals surface area contributed by atoms with Crippen molar-refractivity contribution < 1.29 is 4.79 Å². The number of rotatable bonds is 4. The van der Waals surface area contributed by atoms with E-state index < -0.39 is 5.54 Å². The van der Waals surface area contributed by atoms with Crippen LogP contribution < -0.4 is 0 Å². The van der Waals surface area contributed by atoms with Gasteiger partial charge in [0, 0.05) is 10.9 Å². The zero-order chi connectivity index (χ0) is 13.9. The molecule has 19 heavy (non-hydrogen) atoms. The first-order valence-corrected chi connectivity index (χ1v) is 7.38. The van der Waals surface area contributed by atoms with Gasteiger partial charge in [0.15, 0.2) is 5.78 Å². The van der Waals surface area contributed by atoms with Crippen molar-refractivity contribution >= 4 is 23.4 Å². The fourth-order valence-electron chi connectivity index (χ4n) is 2.66. The molecule has 0 unspecified atom stereocenters. The molecule has 102 valence electrons. The summed E-state index contributed by atoms with van der Waals surface area (Å²) in [7, 11) is 0. The van der Waals surface area contributed by atoms with Crippen LogP contribution in [0, 0.1) is 0 Å². The van der Waals surface area contributed by atoms with E-state index in [0.717, 1.165) is 24.2 Å². The number of carbonyl (C=O) groups excluding carboxylic acids is 1. The molecule has 1 aromatic rings. The molecule has 1 heterocycles. The Morgan fingerprint density at radius 2 is 1.74 bits per heavy atom. The van der Waals surface area contributed by atoms with E-state index >= 15 is 0 Å². The Morgan fingerprint density at radius 1 is 1.16 bits per heavy atom. The molecule has 1 aromatic carbocycles. The second kappa shape index (κ2) is 5.93. The van der Waals surface area contributed by atoms with Crippen LogP contribution in [0.3, 0.4) is 0 Å². The van der Waals surface area contributed by atoms with E-state index in [4.69, 9.17) is 12.2 Å². The van der Waals surface area contributed by atoms with Gasteiger partial charge in [-0.05, 0) is 45.3 Å². The van der Waals surface area contributed by atoms with Gasteiger partial charge in [0.1, 0.15) is 0 Å². The van der Waals surface area contributed by atoms with Gasteiger partial charge in [-0.25, -0.2) is 0 Å². The number of Topliss-reactive ketones (excluding diaryl/α,β-unsaturated/α-hetero) is 1. The fourth-order valence-corrected chi connectivity index (χ4v) is 2.82. The van der Waals surface area contributed by atoms with E-state index in [1.54, 1.807) is 5.37 Å². The monoisotopic (exact) mass is 275 g/mol. The van der Waals surface area contributed by atoms with Gasteiger partial charge >= 0.3 is 0 Å². The molecule has 0 atom stereocenters. The number of carbonyl (C=O) groups is 1. The molecule has 0 saturated carbocycles. The molecule has 0 radical (unpaired) electrons. The van der Waals surface area contributed by atoms with Crippen molar-refractivity contribution in [3.63, 3.8) is 0 Å². The summed E-state index contributed by atoms with van der Waals surface area (Å²) < 4.78 is 0. The highest BCUT2D eigenvalue weighted by atomic mass is 32.1. The van der Waals surface area contributed by atoms with Gasteiger partial charge in [0.2, 0.25) is 0 Å². The van der Waals surface area contributed by atoms with Gasteiger partial charge in [-0.2, -0.15) is 0 Å². The van der Waals surface area contributed by atoms with E-state index in [1.807, 2.05) is 38.1 Å². The number of hydrogen-bond acceptors (Lipinski definition) is 3. The predicted molar refractivity (Wildman–Crippen MR) is 83.0 cm³/mol. The SMILES string of the molecule is CC(C)(C(=O)c1ccc(C=S)cc1)N1CCCCC1. The Kier molecular flexibility index (Phi) is 4.48. The second-order valence-electron chi connectivity index (χ2n) is 5.68. The standard InChI is InChI=1S/C16H21NOS/c1-16(2,17-10-4-3-5-11-17)15(18)14-8-6-13(12-19)7-9-14/h6-9,12H,3-5,10-11H2,1-2H3. The maximum absolute atomic E-state index is 12.7. The molecule has 3 heteroatoms. The summed E-state index contributed by atoms with van der Waals surface area (Å²) in [6.45, 7) is 6.12. The van der Waals surface area contributed by atoms with Crippen LogP contribution in [0.25, 0.3) is 0 Å². The van der Waals surface area contributed by atoms with Gasteiger partial charge in [0.25, 0.3) is 0 Å². The van der Waals surface area contributed by atoms with Gasteiger partial charge in [-0.15, -0.1) is 0 Å². The van der Waals surface area contributed by atoms with E-state index in [1.165, 1.54) is 19.3 Å². The zero-order valence-corrected chi connectivity index (χ0v) is 12.5. The van der Waals surface area contributed by atoms with Crippen molar-refractivity contribution in [3.8, 4) is 0 Å². The lowest BCUT2D eigenvalue weighted by Gasteiger charge is -2.39. The van der Waals surface area contributed by atoms with Gasteiger partial charge in [0.05, 0.1) is 5.54 Å². The molecular weight excluding hydrogens is 254 g/mol. The van der Waals surface area contributed by atoms with Gasteiger partial charge < -0.3 is 0 Å². The number of piperidine rings is 1. The van der Waals surface area contributed by atoms with Crippen LogP contribution in [0.1, 0.15) is 49.0 Å². The number of likely N-dealkylation sites (tertiary alicyclic amines) is 1. The first-order chi connectivity index (χ1) is 9.05. The van der Waals surface area contributed by atoms with Crippen LogP contribution in [0.4, 0.5) is 0 Å². The summed E-state index contributed by atoms with van der Waals surface area (Å²) in [4.78, 5) is 15.0. The largest absolute Gasteiger partial charge is 0.292 e. The molecule has 1 aliphatic heterocycles. The number of nitrogens with zero attached hydrogens (tertiary/aromatic N) is 1. The first kappa shape index (κ1) is 14.4. The normalized spacial score (nSPS) is 17.2. The van der Waals surface area contributed by atoms with E-state index in [2.05, 4.69) is 4.90 Å². The molecule has 0 spiro atoms. The smallest absolute Gasteiger partial charge is 0.182 e. The highest BCUT2D eigenvalue weighted by Gasteiger charge is 2.35. The first-order valence-electron chi connectivity index (χ1n) is 6.91. The van der Waals surface area contributed by atoms with E-state index in [9.17, 15) is 4.79 Å². The number of thiocarbonyl (C=S) groups is 1. The fraction of sp³-hybridized carbons (Fsp3) is 0.500. The van der Waals surface area contributed by atoms with Crippen molar-refractivity contribution in [2.75, 3.05) is 13.1 Å². The van der Waals surface area contributed by atoms with Gasteiger partial charge in [-0.1, -0.05) is 42.9 Å². The minimum absolute atomic E-state index is 0.199. The third kappa shape index (κ3) is 3.10. The molecule has 0 aromatic heterocycles. The lowest BCUT2D eigenvalue weighted by atomic mass is 9.89.